The Hall–Kier alpha value is -0.250. The fourth-order valence-electron chi connectivity index (χ4n) is 3.39. The van der Waals surface area contributed by atoms with Crippen molar-refractivity contribution in [3.8, 4) is 0 Å². The zero-order valence-electron chi connectivity index (χ0n) is 11.9. The van der Waals surface area contributed by atoms with Crippen LogP contribution in [0.5, 0.6) is 0 Å². The van der Waals surface area contributed by atoms with Crippen LogP contribution in [0.1, 0.15) is 53.4 Å². The minimum absolute atomic E-state index is 0.0588. The molecule has 0 bridgehead atoms. The van der Waals surface area contributed by atoms with Crippen LogP contribution in [0.2, 0.25) is 0 Å². The molecule has 0 heterocycles. The molecule has 1 nitrogen and oxygen atoms in total. The summed E-state index contributed by atoms with van der Waals surface area (Å²) in [7, 11) is 0. The fraction of sp³-hybridized carbons (Fsp3) is 1.00. The van der Waals surface area contributed by atoms with Gasteiger partial charge in [-0.25, -0.2) is 0 Å². The van der Waals surface area contributed by atoms with Crippen LogP contribution in [0, 0.1) is 17.8 Å². The highest BCUT2D eigenvalue weighted by atomic mass is 19.4. The molecule has 0 amide bonds. The maximum absolute atomic E-state index is 13.6. The van der Waals surface area contributed by atoms with E-state index in [4.69, 9.17) is 0 Å². The molecule has 18 heavy (non-hydrogen) atoms. The van der Waals surface area contributed by atoms with Crippen LogP contribution < -0.4 is 5.32 Å². The van der Waals surface area contributed by atoms with E-state index < -0.39 is 11.7 Å². The van der Waals surface area contributed by atoms with Crippen LogP contribution in [-0.2, 0) is 0 Å². The van der Waals surface area contributed by atoms with Crippen LogP contribution in [0.4, 0.5) is 13.2 Å². The summed E-state index contributed by atoms with van der Waals surface area (Å²) in [5.41, 5.74) is -1.67. The fourth-order valence-corrected chi connectivity index (χ4v) is 3.39. The first kappa shape index (κ1) is 15.8. The van der Waals surface area contributed by atoms with Gasteiger partial charge in [-0.05, 0) is 43.6 Å². The minimum atomic E-state index is -4.16. The number of nitrogens with one attached hydrogen (secondary N) is 1. The molecule has 0 radical (unpaired) electrons. The Morgan fingerprint density at radius 2 is 1.89 bits per heavy atom. The van der Waals surface area contributed by atoms with E-state index in [1.54, 1.807) is 0 Å². The second kappa shape index (κ2) is 5.81. The van der Waals surface area contributed by atoms with E-state index in [9.17, 15) is 13.2 Å². The second-order valence-corrected chi connectivity index (χ2v) is 6.13. The smallest absolute Gasteiger partial charge is 0.303 e. The first-order chi connectivity index (χ1) is 8.24. The Morgan fingerprint density at radius 3 is 2.33 bits per heavy atom. The van der Waals surface area contributed by atoms with Crippen molar-refractivity contribution in [3.05, 3.63) is 0 Å². The lowest BCUT2D eigenvalue weighted by Gasteiger charge is -2.49. The molecule has 3 atom stereocenters. The molecule has 3 unspecified atom stereocenters. The SMILES string of the molecule is CCCNC1(C(F)(F)F)CC(C)CCC1C(C)C. The lowest BCUT2D eigenvalue weighted by atomic mass is 9.64. The van der Waals surface area contributed by atoms with Crippen LogP contribution in [0.3, 0.4) is 0 Å². The van der Waals surface area contributed by atoms with Crippen molar-refractivity contribution in [2.24, 2.45) is 17.8 Å². The van der Waals surface area contributed by atoms with Gasteiger partial charge in [-0.1, -0.05) is 34.1 Å². The third-order valence-electron chi connectivity index (χ3n) is 4.27. The van der Waals surface area contributed by atoms with E-state index >= 15 is 0 Å². The highest BCUT2D eigenvalue weighted by Gasteiger charge is 2.60. The van der Waals surface area contributed by atoms with Crippen molar-refractivity contribution in [2.45, 2.75) is 65.1 Å². The van der Waals surface area contributed by atoms with Gasteiger partial charge >= 0.3 is 6.18 Å². The van der Waals surface area contributed by atoms with E-state index in [0.29, 0.717) is 13.0 Å². The Balaban J connectivity index is 3.07. The van der Waals surface area contributed by atoms with Gasteiger partial charge in [0.05, 0.1) is 0 Å². The molecule has 0 aromatic rings. The first-order valence-electron chi connectivity index (χ1n) is 7.06. The molecular formula is C14H26F3N. The lowest BCUT2D eigenvalue weighted by molar-refractivity contribution is -0.230. The zero-order valence-corrected chi connectivity index (χ0v) is 11.9. The third kappa shape index (κ3) is 3.01. The summed E-state index contributed by atoms with van der Waals surface area (Å²) in [6.45, 7) is 8.11. The Morgan fingerprint density at radius 1 is 1.28 bits per heavy atom. The molecule has 0 aromatic carbocycles. The van der Waals surface area contributed by atoms with Crippen LogP contribution in [0.25, 0.3) is 0 Å². The van der Waals surface area contributed by atoms with E-state index in [1.807, 2.05) is 27.7 Å². The molecule has 0 spiro atoms. The number of alkyl halides is 3. The number of halogens is 3. The highest BCUT2D eigenvalue weighted by Crippen LogP contribution is 2.49. The molecule has 1 N–H and O–H groups in total. The quantitative estimate of drug-likeness (QED) is 0.795. The molecule has 1 aliphatic carbocycles. The van der Waals surface area contributed by atoms with Crippen LogP contribution >= 0.6 is 0 Å². The van der Waals surface area contributed by atoms with Gasteiger partial charge < -0.3 is 5.32 Å². The van der Waals surface area contributed by atoms with Gasteiger partial charge in [-0.2, -0.15) is 13.2 Å². The van der Waals surface area contributed by atoms with Crippen molar-refractivity contribution < 1.29 is 13.2 Å². The summed E-state index contributed by atoms with van der Waals surface area (Å²) in [5.74, 6) is -0.102. The van der Waals surface area contributed by atoms with Crippen LogP contribution in [-0.4, -0.2) is 18.3 Å². The third-order valence-corrected chi connectivity index (χ3v) is 4.27. The highest BCUT2D eigenvalue weighted by molar-refractivity contribution is 5.04. The van der Waals surface area contributed by atoms with Crippen molar-refractivity contribution in [1.29, 1.82) is 0 Å². The van der Waals surface area contributed by atoms with Crippen molar-refractivity contribution in [2.75, 3.05) is 6.54 Å². The van der Waals surface area contributed by atoms with Gasteiger partial charge in [0.1, 0.15) is 5.54 Å². The normalized spacial score (nSPS) is 34.0. The Bertz CT molecular complexity index is 262. The van der Waals surface area contributed by atoms with Gasteiger partial charge in [-0.3, -0.25) is 0 Å². The van der Waals surface area contributed by atoms with Crippen molar-refractivity contribution in [3.63, 3.8) is 0 Å². The van der Waals surface area contributed by atoms with Gasteiger partial charge in [0.25, 0.3) is 0 Å². The van der Waals surface area contributed by atoms with Gasteiger partial charge in [0, 0.05) is 0 Å². The maximum Gasteiger partial charge on any atom is 0.406 e. The summed E-state index contributed by atoms with van der Waals surface area (Å²) in [6.07, 6.45) is -1.62. The van der Waals surface area contributed by atoms with E-state index in [0.717, 1.165) is 12.8 Å². The average molecular weight is 265 g/mol. The summed E-state index contributed by atoms with van der Waals surface area (Å²) in [4.78, 5) is 0. The van der Waals surface area contributed by atoms with E-state index in [1.165, 1.54) is 0 Å². The molecule has 0 aliphatic heterocycles. The minimum Gasteiger partial charge on any atom is -0.303 e. The van der Waals surface area contributed by atoms with Gasteiger partial charge in [0.15, 0.2) is 0 Å². The topological polar surface area (TPSA) is 12.0 Å². The van der Waals surface area contributed by atoms with E-state index in [-0.39, 0.29) is 24.2 Å². The monoisotopic (exact) mass is 265 g/mol. The molecule has 1 saturated carbocycles. The number of hydrogen-bond donors (Lipinski definition) is 1. The predicted octanol–water partition coefficient (Wildman–Crippen LogP) is 4.38. The summed E-state index contributed by atoms with van der Waals surface area (Å²) in [5, 5.41) is 2.86. The molecule has 0 aromatic heterocycles. The molecule has 0 saturated heterocycles. The first-order valence-corrected chi connectivity index (χ1v) is 7.06. The van der Waals surface area contributed by atoms with Gasteiger partial charge in [-0.15, -0.1) is 0 Å². The zero-order chi connectivity index (χ0) is 14.0. The molecule has 1 rings (SSSR count). The van der Waals surface area contributed by atoms with Crippen molar-refractivity contribution >= 4 is 0 Å². The molecule has 1 aliphatic rings. The van der Waals surface area contributed by atoms with Gasteiger partial charge in [0.2, 0.25) is 0 Å². The largest absolute Gasteiger partial charge is 0.406 e. The molecule has 1 fully saturated rings. The summed E-state index contributed by atoms with van der Waals surface area (Å²) < 4.78 is 40.9. The predicted molar refractivity (Wildman–Crippen MR) is 68.4 cm³/mol. The van der Waals surface area contributed by atoms with Crippen LogP contribution in [0.15, 0.2) is 0 Å². The average Bonchev–Trinajstić information content (AvgIpc) is 2.24. The number of rotatable bonds is 4. The maximum atomic E-state index is 13.6. The Kier molecular flexibility index (Phi) is 5.10. The van der Waals surface area contributed by atoms with E-state index in [2.05, 4.69) is 5.32 Å². The second-order valence-electron chi connectivity index (χ2n) is 6.13. The standard InChI is InChI=1S/C14H26F3N/c1-5-8-18-13(14(15,16)17)9-11(4)6-7-12(13)10(2)3/h10-12,18H,5-9H2,1-4H3. The number of hydrogen-bond acceptors (Lipinski definition) is 1. The Labute approximate surface area is 109 Å². The summed E-state index contributed by atoms with van der Waals surface area (Å²) in [6, 6.07) is 0. The molecule has 108 valence electrons. The molecule has 4 heteroatoms. The van der Waals surface area contributed by atoms with Crippen molar-refractivity contribution in [1.82, 2.24) is 5.32 Å². The summed E-state index contributed by atoms with van der Waals surface area (Å²) >= 11 is 0. The lowest BCUT2D eigenvalue weighted by Crippen LogP contribution is -2.65. The molecular weight excluding hydrogens is 239 g/mol.